The summed E-state index contributed by atoms with van der Waals surface area (Å²) in [5, 5.41) is 2.89. The van der Waals surface area contributed by atoms with E-state index in [9.17, 15) is 13.2 Å². The zero-order valence-corrected chi connectivity index (χ0v) is 20.7. The molecule has 0 saturated carbocycles. The van der Waals surface area contributed by atoms with Crippen LogP contribution in [0.2, 0.25) is 0 Å². The second kappa shape index (κ2) is 10.4. The molecule has 1 saturated heterocycles. The van der Waals surface area contributed by atoms with Crippen molar-refractivity contribution >= 4 is 21.6 Å². The standard InChI is InChI=1S/C26H28N2O6S/c1-32-20-9-6-18(7-10-20)23-17-19(8-15-25(23)34-3)27-26(29)24-5-4-16-28(24)35(30,31)22-13-11-21(33-2)12-14-22/h6-15,17,24H,4-5,16H2,1-3H3,(H,27,29). The van der Waals surface area contributed by atoms with E-state index in [1.165, 1.54) is 23.5 Å². The summed E-state index contributed by atoms with van der Waals surface area (Å²) in [6.45, 7) is 0.284. The van der Waals surface area contributed by atoms with E-state index in [1.54, 1.807) is 38.5 Å². The molecule has 184 valence electrons. The lowest BCUT2D eigenvalue weighted by molar-refractivity contribution is -0.119. The summed E-state index contributed by atoms with van der Waals surface area (Å²) in [5.41, 5.74) is 2.24. The maximum atomic E-state index is 13.3. The number of hydrogen-bond donors (Lipinski definition) is 1. The molecule has 1 aliphatic heterocycles. The van der Waals surface area contributed by atoms with E-state index >= 15 is 0 Å². The molecule has 0 aromatic heterocycles. The molecule has 35 heavy (non-hydrogen) atoms. The molecular weight excluding hydrogens is 468 g/mol. The van der Waals surface area contributed by atoms with Crippen molar-refractivity contribution in [3.63, 3.8) is 0 Å². The number of nitrogens with zero attached hydrogens (tertiary/aromatic N) is 1. The Morgan fingerprint density at radius 2 is 1.51 bits per heavy atom. The summed E-state index contributed by atoms with van der Waals surface area (Å²) in [5.74, 6) is 1.58. The molecular formula is C26H28N2O6S. The molecule has 3 aromatic carbocycles. The van der Waals surface area contributed by atoms with Gasteiger partial charge in [-0.1, -0.05) is 12.1 Å². The molecule has 0 radical (unpaired) electrons. The van der Waals surface area contributed by atoms with Crippen LogP contribution >= 0.6 is 0 Å². The van der Waals surface area contributed by atoms with Gasteiger partial charge in [0.1, 0.15) is 23.3 Å². The topological polar surface area (TPSA) is 94.2 Å². The van der Waals surface area contributed by atoms with Gasteiger partial charge in [-0.25, -0.2) is 8.42 Å². The largest absolute Gasteiger partial charge is 0.497 e. The summed E-state index contributed by atoms with van der Waals surface area (Å²) >= 11 is 0. The van der Waals surface area contributed by atoms with Gasteiger partial charge >= 0.3 is 0 Å². The average Bonchev–Trinajstić information content (AvgIpc) is 3.40. The summed E-state index contributed by atoms with van der Waals surface area (Å²) in [4.78, 5) is 13.3. The lowest BCUT2D eigenvalue weighted by Gasteiger charge is -2.23. The Balaban J connectivity index is 1.56. The Morgan fingerprint density at radius 3 is 2.11 bits per heavy atom. The minimum atomic E-state index is -3.83. The summed E-state index contributed by atoms with van der Waals surface area (Å²) < 4.78 is 43.6. The highest BCUT2D eigenvalue weighted by Gasteiger charge is 2.39. The minimum Gasteiger partial charge on any atom is -0.497 e. The smallest absolute Gasteiger partial charge is 0.243 e. The lowest BCUT2D eigenvalue weighted by atomic mass is 10.0. The second-order valence-corrected chi connectivity index (χ2v) is 9.97. The van der Waals surface area contributed by atoms with Crippen LogP contribution in [0.15, 0.2) is 71.6 Å². The summed E-state index contributed by atoms with van der Waals surface area (Å²) in [7, 11) is 0.872. The Bertz CT molecular complexity index is 1290. The Morgan fingerprint density at radius 1 is 0.886 bits per heavy atom. The molecule has 9 heteroatoms. The van der Waals surface area contributed by atoms with E-state index in [0.717, 1.165) is 16.9 Å². The minimum absolute atomic E-state index is 0.129. The third-order valence-electron chi connectivity index (χ3n) is 6.04. The third-order valence-corrected chi connectivity index (χ3v) is 7.96. The van der Waals surface area contributed by atoms with E-state index in [-0.39, 0.29) is 17.3 Å². The first kappa shape index (κ1) is 24.6. The highest BCUT2D eigenvalue weighted by molar-refractivity contribution is 7.89. The number of sulfonamides is 1. The van der Waals surface area contributed by atoms with Gasteiger partial charge in [-0.05, 0) is 73.0 Å². The highest BCUT2D eigenvalue weighted by Crippen LogP contribution is 2.34. The third kappa shape index (κ3) is 5.11. The van der Waals surface area contributed by atoms with Gasteiger partial charge in [0.25, 0.3) is 0 Å². The van der Waals surface area contributed by atoms with Crippen LogP contribution < -0.4 is 19.5 Å². The highest BCUT2D eigenvalue weighted by atomic mass is 32.2. The van der Waals surface area contributed by atoms with Crippen LogP contribution in [0, 0.1) is 0 Å². The molecule has 8 nitrogen and oxygen atoms in total. The van der Waals surface area contributed by atoms with Crippen LogP contribution in [-0.2, 0) is 14.8 Å². The normalized spacial score (nSPS) is 16.0. The lowest BCUT2D eigenvalue weighted by Crippen LogP contribution is -2.43. The van der Waals surface area contributed by atoms with Crippen LogP contribution in [0.5, 0.6) is 17.2 Å². The molecule has 1 amide bonds. The van der Waals surface area contributed by atoms with E-state index in [2.05, 4.69) is 5.32 Å². The molecule has 1 aliphatic rings. The monoisotopic (exact) mass is 496 g/mol. The van der Waals surface area contributed by atoms with E-state index in [1.807, 2.05) is 30.3 Å². The van der Waals surface area contributed by atoms with Crippen molar-refractivity contribution in [1.29, 1.82) is 0 Å². The predicted octanol–water partition coefficient (Wildman–Crippen LogP) is 4.17. The Kier molecular flexibility index (Phi) is 7.28. The molecule has 1 N–H and O–H groups in total. The van der Waals surface area contributed by atoms with Gasteiger partial charge in [0.15, 0.2) is 0 Å². The Labute approximate surface area is 205 Å². The average molecular weight is 497 g/mol. The molecule has 3 aromatic rings. The molecule has 0 bridgehead atoms. The van der Waals surface area contributed by atoms with Crippen LogP contribution in [0.4, 0.5) is 5.69 Å². The fourth-order valence-corrected chi connectivity index (χ4v) is 5.84. The van der Waals surface area contributed by atoms with Crippen molar-refractivity contribution in [2.45, 2.75) is 23.8 Å². The molecule has 0 aliphatic carbocycles. The number of anilines is 1. The van der Waals surface area contributed by atoms with Gasteiger partial charge in [0.2, 0.25) is 15.9 Å². The number of rotatable bonds is 8. The fraction of sp³-hybridized carbons (Fsp3) is 0.269. The number of carbonyl (C=O) groups is 1. The zero-order chi connectivity index (χ0) is 25.0. The van der Waals surface area contributed by atoms with E-state index < -0.39 is 16.1 Å². The van der Waals surface area contributed by atoms with Gasteiger partial charge in [0.05, 0.1) is 26.2 Å². The van der Waals surface area contributed by atoms with Crippen molar-refractivity contribution in [2.24, 2.45) is 0 Å². The van der Waals surface area contributed by atoms with Crippen molar-refractivity contribution < 1.29 is 27.4 Å². The summed E-state index contributed by atoms with van der Waals surface area (Å²) in [6, 6.07) is 18.2. The van der Waals surface area contributed by atoms with Crippen LogP contribution in [0.3, 0.4) is 0 Å². The SMILES string of the molecule is COc1ccc(-c2cc(NC(=O)C3CCCN3S(=O)(=O)c3ccc(OC)cc3)ccc2OC)cc1. The quantitative estimate of drug-likeness (QED) is 0.503. The van der Waals surface area contributed by atoms with Crippen molar-refractivity contribution in [1.82, 2.24) is 4.31 Å². The first-order valence-electron chi connectivity index (χ1n) is 11.2. The Hall–Kier alpha value is -3.56. The maximum Gasteiger partial charge on any atom is 0.243 e. The number of amides is 1. The summed E-state index contributed by atoms with van der Waals surface area (Å²) in [6.07, 6.45) is 1.05. The number of ether oxygens (including phenoxy) is 3. The van der Waals surface area contributed by atoms with Gasteiger partial charge in [-0.15, -0.1) is 0 Å². The van der Waals surface area contributed by atoms with Gasteiger partial charge in [-0.2, -0.15) is 4.31 Å². The number of methoxy groups -OCH3 is 3. The van der Waals surface area contributed by atoms with Crippen LogP contribution in [0.25, 0.3) is 11.1 Å². The van der Waals surface area contributed by atoms with Crippen LogP contribution in [0.1, 0.15) is 12.8 Å². The molecule has 0 spiro atoms. The van der Waals surface area contributed by atoms with Crippen molar-refractivity contribution in [3.05, 3.63) is 66.7 Å². The van der Waals surface area contributed by atoms with Crippen molar-refractivity contribution in [2.75, 3.05) is 33.2 Å². The van der Waals surface area contributed by atoms with Gasteiger partial charge in [-0.3, -0.25) is 4.79 Å². The maximum absolute atomic E-state index is 13.3. The molecule has 4 rings (SSSR count). The van der Waals surface area contributed by atoms with E-state index in [4.69, 9.17) is 14.2 Å². The molecule has 1 unspecified atom stereocenters. The predicted molar refractivity (Wildman–Crippen MR) is 134 cm³/mol. The van der Waals surface area contributed by atoms with E-state index in [0.29, 0.717) is 30.0 Å². The van der Waals surface area contributed by atoms with Crippen LogP contribution in [-0.4, -0.2) is 52.5 Å². The second-order valence-electron chi connectivity index (χ2n) is 8.08. The van der Waals surface area contributed by atoms with Gasteiger partial charge in [0, 0.05) is 17.8 Å². The first-order chi connectivity index (χ1) is 16.9. The van der Waals surface area contributed by atoms with Gasteiger partial charge < -0.3 is 19.5 Å². The molecule has 1 fully saturated rings. The van der Waals surface area contributed by atoms with Crippen molar-refractivity contribution in [3.8, 4) is 28.4 Å². The molecule has 1 heterocycles. The number of hydrogen-bond acceptors (Lipinski definition) is 6. The number of benzene rings is 3. The molecule has 1 atom stereocenters. The zero-order valence-electron chi connectivity index (χ0n) is 19.9. The first-order valence-corrected chi connectivity index (χ1v) is 12.6. The number of carbonyl (C=O) groups excluding carboxylic acids is 1. The number of nitrogens with one attached hydrogen (secondary N) is 1. The fourth-order valence-electron chi connectivity index (χ4n) is 4.18.